The van der Waals surface area contributed by atoms with E-state index >= 15 is 0 Å². The van der Waals surface area contributed by atoms with Crippen molar-refractivity contribution in [3.8, 4) is 0 Å². The standard InChI is InChI=1S/C17H26N2O2/c1-12-8-13(2)10-15(9-12)11-14(3)18-17(21)19(6-7-20)16-4-5-16/h8-10,14,16,20H,4-7,11H2,1-3H3,(H,18,21). The molecule has 1 aromatic carbocycles. The van der Waals surface area contributed by atoms with Gasteiger partial charge in [0, 0.05) is 18.6 Å². The second-order valence-electron chi connectivity index (χ2n) is 6.20. The molecule has 4 nitrogen and oxygen atoms in total. The topological polar surface area (TPSA) is 52.6 Å². The van der Waals surface area contributed by atoms with Gasteiger partial charge in [-0.3, -0.25) is 0 Å². The number of nitrogens with one attached hydrogen (secondary N) is 1. The number of hydrogen-bond donors (Lipinski definition) is 2. The fraction of sp³-hybridized carbons (Fsp3) is 0.588. The van der Waals surface area contributed by atoms with Gasteiger partial charge >= 0.3 is 6.03 Å². The number of nitrogens with zero attached hydrogens (tertiary/aromatic N) is 1. The van der Waals surface area contributed by atoms with Crippen molar-refractivity contribution in [1.82, 2.24) is 10.2 Å². The second-order valence-corrected chi connectivity index (χ2v) is 6.20. The Hall–Kier alpha value is -1.55. The smallest absolute Gasteiger partial charge is 0.317 e. The molecule has 1 aliphatic rings. The van der Waals surface area contributed by atoms with E-state index in [2.05, 4.69) is 37.4 Å². The molecule has 1 fully saturated rings. The van der Waals surface area contributed by atoms with E-state index in [9.17, 15) is 4.79 Å². The minimum atomic E-state index is -0.0524. The van der Waals surface area contributed by atoms with E-state index in [1.807, 2.05) is 6.92 Å². The van der Waals surface area contributed by atoms with E-state index in [1.165, 1.54) is 16.7 Å². The van der Waals surface area contributed by atoms with Crippen LogP contribution in [0.4, 0.5) is 4.79 Å². The third-order valence-corrected chi connectivity index (χ3v) is 3.78. The van der Waals surface area contributed by atoms with E-state index in [-0.39, 0.29) is 18.7 Å². The first-order valence-electron chi connectivity index (χ1n) is 7.74. The molecule has 0 saturated heterocycles. The number of amides is 2. The lowest BCUT2D eigenvalue weighted by Gasteiger charge is -2.24. The Labute approximate surface area is 127 Å². The van der Waals surface area contributed by atoms with Crippen LogP contribution in [0.1, 0.15) is 36.5 Å². The van der Waals surface area contributed by atoms with E-state index < -0.39 is 0 Å². The highest BCUT2D eigenvalue weighted by Gasteiger charge is 2.32. The summed E-state index contributed by atoms with van der Waals surface area (Å²) in [5.74, 6) is 0. The molecule has 2 amide bonds. The van der Waals surface area contributed by atoms with Crippen LogP contribution in [0.5, 0.6) is 0 Å². The summed E-state index contributed by atoms with van der Waals surface area (Å²) >= 11 is 0. The maximum atomic E-state index is 12.3. The quantitative estimate of drug-likeness (QED) is 0.845. The number of urea groups is 1. The normalized spacial score (nSPS) is 15.6. The molecule has 1 atom stereocenters. The van der Waals surface area contributed by atoms with Gasteiger partial charge in [-0.05, 0) is 45.6 Å². The van der Waals surface area contributed by atoms with Crippen molar-refractivity contribution in [1.29, 1.82) is 0 Å². The summed E-state index contributed by atoms with van der Waals surface area (Å²) in [5, 5.41) is 12.1. The van der Waals surface area contributed by atoms with Crippen molar-refractivity contribution in [2.75, 3.05) is 13.2 Å². The highest BCUT2D eigenvalue weighted by molar-refractivity contribution is 5.75. The Morgan fingerprint density at radius 1 is 1.33 bits per heavy atom. The zero-order valence-corrected chi connectivity index (χ0v) is 13.2. The SMILES string of the molecule is Cc1cc(C)cc(CC(C)NC(=O)N(CCO)C2CC2)c1. The van der Waals surface area contributed by atoms with Crippen LogP contribution >= 0.6 is 0 Å². The predicted molar refractivity (Wildman–Crippen MR) is 84.4 cm³/mol. The third-order valence-electron chi connectivity index (χ3n) is 3.78. The maximum absolute atomic E-state index is 12.3. The highest BCUT2D eigenvalue weighted by atomic mass is 16.3. The number of aryl methyl sites for hydroxylation is 2. The van der Waals surface area contributed by atoms with E-state index in [4.69, 9.17) is 5.11 Å². The van der Waals surface area contributed by atoms with Crippen molar-refractivity contribution in [3.05, 3.63) is 34.9 Å². The van der Waals surface area contributed by atoms with Crippen LogP contribution in [0.25, 0.3) is 0 Å². The molecule has 0 radical (unpaired) electrons. The van der Waals surface area contributed by atoms with Gasteiger partial charge in [0.15, 0.2) is 0 Å². The molecule has 0 aliphatic heterocycles. The molecule has 1 aromatic rings. The lowest BCUT2D eigenvalue weighted by molar-refractivity contribution is 0.171. The first-order valence-corrected chi connectivity index (χ1v) is 7.74. The average molecular weight is 290 g/mol. The number of rotatable bonds is 6. The molecule has 4 heteroatoms. The number of benzene rings is 1. The van der Waals surface area contributed by atoms with Gasteiger partial charge in [-0.15, -0.1) is 0 Å². The van der Waals surface area contributed by atoms with E-state index in [0.29, 0.717) is 12.6 Å². The van der Waals surface area contributed by atoms with Gasteiger partial charge in [-0.2, -0.15) is 0 Å². The summed E-state index contributed by atoms with van der Waals surface area (Å²) in [4.78, 5) is 14.0. The number of carbonyl (C=O) groups excluding carboxylic acids is 1. The number of aliphatic hydroxyl groups is 1. The summed E-state index contributed by atoms with van der Waals surface area (Å²) in [6.45, 7) is 6.66. The molecule has 2 rings (SSSR count). The third kappa shape index (κ3) is 4.74. The van der Waals surface area contributed by atoms with Crippen molar-refractivity contribution in [3.63, 3.8) is 0 Å². The fourth-order valence-electron chi connectivity index (χ4n) is 2.83. The number of aliphatic hydroxyl groups excluding tert-OH is 1. The molecule has 21 heavy (non-hydrogen) atoms. The van der Waals surface area contributed by atoms with Gasteiger partial charge in [-0.25, -0.2) is 4.79 Å². The monoisotopic (exact) mass is 290 g/mol. The maximum Gasteiger partial charge on any atom is 0.317 e. The summed E-state index contributed by atoms with van der Waals surface area (Å²) < 4.78 is 0. The lowest BCUT2D eigenvalue weighted by atomic mass is 10.0. The van der Waals surface area contributed by atoms with Gasteiger partial charge in [0.05, 0.1) is 6.61 Å². The largest absolute Gasteiger partial charge is 0.395 e. The number of carbonyl (C=O) groups is 1. The van der Waals surface area contributed by atoms with Crippen LogP contribution in [0, 0.1) is 13.8 Å². The Balaban J connectivity index is 1.90. The minimum absolute atomic E-state index is 0.0232. The van der Waals surface area contributed by atoms with E-state index in [0.717, 1.165) is 19.3 Å². The average Bonchev–Trinajstić information content (AvgIpc) is 3.18. The molecule has 0 heterocycles. The van der Waals surface area contributed by atoms with E-state index in [1.54, 1.807) is 4.90 Å². The first-order chi connectivity index (χ1) is 9.99. The van der Waals surface area contributed by atoms with Crippen molar-refractivity contribution in [2.45, 2.75) is 52.1 Å². The summed E-state index contributed by atoms with van der Waals surface area (Å²) in [6.07, 6.45) is 2.93. The van der Waals surface area contributed by atoms with Crippen LogP contribution in [-0.4, -0.2) is 41.3 Å². The van der Waals surface area contributed by atoms with Crippen LogP contribution < -0.4 is 5.32 Å². The fourth-order valence-corrected chi connectivity index (χ4v) is 2.83. The first kappa shape index (κ1) is 15.8. The van der Waals surface area contributed by atoms with Gasteiger partial charge in [0.1, 0.15) is 0 Å². The Kier molecular flexibility index (Phi) is 5.23. The van der Waals surface area contributed by atoms with Crippen molar-refractivity contribution < 1.29 is 9.90 Å². The lowest BCUT2D eigenvalue weighted by Crippen LogP contribution is -2.46. The Morgan fingerprint density at radius 2 is 1.95 bits per heavy atom. The van der Waals surface area contributed by atoms with Gasteiger partial charge in [-0.1, -0.05) is 29.3 Å². The van der Waals surface area contributed by atoms with Crippen molar-refractivity contribution >= 4 is 6.03 Å². The molecule has 1 unspecified atom stereocenters. The van der Waals surface area contributed by atoms with Crippen molar-refractivity contribution in [2.24, 2.45) is 0 Å². The highest BCUT2D eigenvalue weighted by Crippen LogP contribution is 2.26. The van der Waals surface area contributed by atoms with Gasteiger partial charge < -0.3 is 15.3 Å². The summed E-state index contributed by atoms with van der Waals surface area (Å²) in [7, 11) is 0. The predicted octanol–water partition coefficient (Wildman–Crippen LogP) is 2.40. The van der Waals surface area contributed by atoms with Crippen LogP contribution in [0.15, 0.2) is 18.2 Å². The summed E-state index contributed by atoms with van der Waals surface area (Å²) in [5.41, 5.74) is 3.76. The number of hydrogen-bond acceptors (Lipinski definition) is 2. The molecule has 0 aromatic heterocycles. The van der Waals surface area contributed by atoms with Gasteiger partial charge in [0.2, 0.25) is 0 Å². The zero-order valence-electron chi connectivity index (χ0n) is 13.2. The molecular formula is C17H26N2O2. The Morgan fingerprint density at radius 3 is 2.48 bits per heavy atom. The molecule has 1 aliphatic carbocycles. The van der Waals surface area contributed by atoms with Crippen LogP contribution in [0.2, 0.25) is 0 Å². The van der Waals surface area contributed by atoms with Gasteiger partial charge in [0.25, 0.3) is 0 Å². The molecule has 116 valence electrons. The molecule has 1 saturated carbocycles. The summed E-state index contributed by atoms with van der Waals surface area (Å²) in [6, 6.07) is 6.85. The zero-order chi connectivity index (χ0) is 15.4. The molecule has 2 N–H and O–H groups in total. The minimum Gasteiger partial charge on any atom is -0.395 e. The van der Waals surface area contributed by atoms with Crippen LogP contribution in [0.3, 0.4) is 0 Å². The molecule has 0 spiro atoms. The Bertz CT molecular complexity index is 477. The van der Waals surface area contributed by atoms with Crippen LogP contribution in [-0.2, 0) is 6.42 Å². The molecule has 0 bridgehead atoms. The second kappa shape index (κ2) is 6.94. The molecular weight excluding hydrogens is 264 g/mol.